The molecule has 0 saturated carbocycles. The number of aromatic carboxylic acids is 1. The molecule has 0 spiro atoms. The molecular formula is C11H9N3O3S. The van der Waals surface area contributed by atoms with Gasteiger partial charge in [-0.05, 0) is 12.1 Å². The molecule has 1 N–H and O–H groups in total. The Morgan fingerprint density at radius 1 is 1.44 bits per heavy atom. The SMILES string of the molecule is CC(=O)N(c1cccnc1)c1scnc1C(=O)O. The summed E-state index contributed by atoms with van der Waals surface area (Å²) in [6, 6.07) is 3.35. The quantitative estimate of drug-likeness (QED) is 0.914. The van der Waals surface area contributed by atoms with Gasteiger partial charge in [-0.15, -0.1) is 11.3 Å². The minimum Gasteiger partial charge on any atom is -0.476 e. The van der Waals surface area contributed by atoms with Crippen molar-refractivity contribution in [2.75, 3.05) is 4.90 Å². The Morgan fingerprint density at radius 2 is 2.22 bits per heavy atom. The number of anilines is 2. The van der Waals surface area contributed by atoms with Crippen LogP contribution in [-0.4, -0.2) is 27.0 Å². The highest BCUT2D eigenvalue weighted by atomic mass is 32.1. The minimum absolute atomic E-state index is 0.140. The molecule has 18 heavy (non-hydrogen) atoms. The van der Waals surface area contributed by atoms with Crippen LogP contribution in [0.3, 0.4) is 0 Å². The Bertz CT molecular complexity index is 582. The van der Waals surface area contributed by atoms with E-state index in [1.54, 1.807) is 18.3 Å². The van der Waals surface area contributed by atoms with Gasteiger partial charge in [0.15, 0.2) is 5.69 Å². The number of amides is 1. The first-order valence-corrected chi connectivity index (χ1v) is 5.86. The molecule has 0 aliphatic heterocycles. The zero-order valence-corrected chi connectivity index (χ0v) is 10.2. The molecular weight excluding hydrogens is 254 g/mol. The molecule has 92 valence electrons. The Hall–Kier alpha value is -2.28. The monoisotopic (exact) mass is 263 g/mol. The maximum absolute atomic E-state index is 11.7. The maximum atomic E-state index is 11.7. The van der Waals surface area contributed by atoms with E-state index in [1.807, 2.05) is 0 Å². The summed E-state index contributed by atoms with van der Waals surface area (Å²) in [5, 5.41) is 9.30. The highest BCUT2D eigenvalue weighted by Gasteiger charge is 2.23. The van der Waals surface area contributed by atoms with Crippen LogP contribution in [0, 0.1) is 0 Å². The van der Waals surface area contributed by atoms with Crippen LogP contribution in [0.25, 0.3) is 0 Å². The molecule has 2 heterocycles. The van der Waals surface area contributed by atoms with Crippen molar-refractivity contribution in [2.24, 2.45) is 0 Å². The van der Waals surface area contributed by atoms with Crippen molar-refractivity contribution >= 4 is 33.9 Å². The molecule has 0 bridgehead atoms. The van der Waals surface area contributed by atoms with Gasteiger partial charge in [-0.3, -0.25) is 14.7 Å². The van der Waals surface area contributed by atoms with E-state index in [9.17, 15) is 9.59 Å². The number of aromatic nitrogens is 2. The molecule has 2 aromatic rings. The summed E-state index contributed by atoms with van der Waals surface area (Å²) >= 11 is 1.09. The van der Waals surface area contributed by atoms with Crippen LogP contribution in [0.1, 0.15) is 17.4 Å². The van der Waals surface area contributed by atoms with E-state index in [1.165, 1.54) is 23.5 Å². The molecule has 0 radical (unpaired) electrons. The number of carbonyl (C=O) groups excluding carboxylic acids is 1. The smallest absolute Gasteiger partial charge is 0.357 e. The van der Waals surface area contributed by atoms with E-state index in [-0.39, 0.29) is 16.6 Å². The van der Waals surface area contributed by atoms with E-state index in [4.69, 9.17) is 5.11 Å². The van der Waals surface area contributed by atoms with Gasteiger partial charge < -0.3 is 5.11 Å². The van der Waals surface area contributed by atoms with Crippen LogP contribution in [0.15, 0.2) is 30.0 Å². The van der Waals surface area contributed by atoms with E-state index in [0.717, 1.165) is 11.3 Å². The molecule has 0 aromatic carbocycles. The third-order valence-electron chi connectivity index (χ3n) is 2.17. The zero-order chi connectivity index (χ0) is 13.1. The van der Waals surface area contributed by atoms with Gasteiger partial charge in [-0.1, -0.05) is 0 Å². The normalized spacial score (nSPS) is 10.1. The van der Waals surface area contributed by atoms with Crippen molar-refractivity contribution in [1.82, 2.24) is 9.97 Å². The number of hydrogen-bond donors (Lipinski definition) is 1. The first-order valence-electron chi connectivity index (χ1n) is 4.98. The fraction of sp³-hybridized carbons (Fsp3) is 0.0909. The third-order valence-corrected chi connectivity index (χ3v) is 2.98. The molecule has 0 fully saturated rings. The van der Waals surface area contributed by atoms with E-state index < -0.39 is 5.97 Å². The van der Waals surface area contributed by atoms with E-state index in [0.29, 0.717) is 5.69 Å². The summed E-state index contributed by atoms with van der Waals surface area (Å²) in [6.07, 6.45) is 3.07. The molecule has 0 aliphatic carbocycles. The fourth-order valence-electron chi connectivity index (χ4n) is 1.47. The van der Waals surface area contributed by atoms with Gasteiger partial charge in [0.05, 0.1) is 17.4 Å². The molecule has 0 saturated heterocycles. The molecule has 0 unspecified atom stereocenters. The van der Waals surface area contributed by atoms with Crippen molar-refractivity contribution in [2.45, 2.75) is 6.92 Å². The molecule has 2 rings (SSSR count). The standard InChI is InChI=1S/C11H9N3O3S/c1-7(15)14(8-3-2-4-12-5-8)10-9(11(16)17)13-6-18-10/h2-6H,1H3,(H,16,17). The van der Waals surface area contributed by atoms with Gasteiger partial charge in [-0.2, -0.15) is 0 Å². The van der Waals surface area contributed by atoms with Gasteiger partial charge in [0.1, 0.15) is 5.00 Å². The number of carbonyl (C=O) groups is 2. The summed E-state index contributed by atoms with van der Waals surface area (Å²) in [4.78, 5) is 31.7. The van der Waals surface area contributed by atoms with E-state index >= 15 is 0 Å². The highest BCUT2D eigenvalue weighted by molar-refractivity contribution is 7.14. The third kappa shape index (κ3) is 2.21. The molecule has 2 aromatic heterocycles. The van der Waals surface area contributed by atoms with Gasteiger partial charge in [-0.25, -0.2) is 9.78 Å². The number of rotatable bonds is 3. The lowest BCUT2D eigenvalue weighted by Crippen LogP contribution is -2.23. The van der Waals surface area contributed by atoms with Gasteiger partial charge in [0.25, 0.3) is 0 Å². The lowest BCUT2D eigenvalue weighted by atomic mass is 10.3. The zero-order valence-electron chi connectivity index (χ0n) is 9.40. The largest absolute Gasteiger partial charge is 0.476 e. The lowest BCUT2D eigenvalue weighted by Gasteiger charge is -2.18. The summed E-state index contributed by atoms with van der Waals surface area (Å²) < 4.78 is 0. The molecule has 0 aliphatic rings. The number of nitrogens with zero attached hydrogens (tertiary/aromatic N) is 3. The average molecular weight is 263 g/mol. The highest BCUT2D eigenvalue weighted by Crippen LogP contribution is 2.31. The van der Waals surface area contributed by atoms with Crippen molar-refractivity contribution in [3.63, 3.8) is 0 Å². The number of hydrogen-bond acceptors (Lipinski definition) is 5. The van der Waals surface area contributed by atoms with Crippen LogP contribution in [0.2, 0.25) is 0 Å². The van der Waals surface area contributed by atoms with Crippen molar-refractivity contribution < 1.29 is 14.7 Å². The molecule has 7 heteroatoms. The number of carboxylic acids is 1. The number of pyridine rings is 1. The van der Waals surface area contributed by atoms with Gasteiger partial charge >= 0.3 is 5.97 Å². The first kappa shape index (κ1) is 12.2. The Labute approximate surface area is 107 Å². The van der Waals surface area contributed by atoms with Crippen LogP contribution < -0.4 is 4.90 Å². The fourth-order valence-corrected chi connectivity index (χ4v) is 2.32. The van der Waals surface area contributed by atoms with Crippen molar-refractivity contribution in [3.8, 4) is 0 Å². The Balaban J connectivity index is 2.52. The van der Waals surface area contributed by atoms with Gasteiger partial charge in [0.2, 0.25) is 5.91 Å². The van der Waals surface area contributed by atoms with Gasteiger partial charge in [0, 0.05) is 13.1 Å². The Morgan fingerprint density at radius 3 is 2.78 bits per heavy atom. The molecule has 6 nitrogen and oxygen atoms in total. The summed E-state index contributed by atoms with van der Waals surface area (Å²) in [5.41, 5.74) is 1.77. The summed E-state index contributed by atoms with van der Waals surface area (Å²) in [7, 11) is 0. The predicted molar refractivity (Wildman–Crippen MR) is 66.1 cm³/mol. The van der Waals surface area contributed by atoms with Crippen LogP contribution in [-0.2, 0) is 4.79 Å². The molecule has 1 amide bonds. The lowest BCUT2D eigenvalue weighted by molar-refractivity contribution is -0.115. The molecule has 0 atom stereocenters. The second kappa shape index (κ2) is 4.92. The second-order valence-corrected chi connectivity index (χ2v) is 4.21. The first-order chi connectivity index (χ1) is 8.61. The number of carboxylic acid groups (broad SMARTS) is 1. The van der Waals surface area contributed by atoms with Crippen LogP contribution >= 0.6 is 11.3 Å². The average Bonchev–Trinajstić information content (AvgIpc) is 2.79. The predicted octanol–water partition coefficient (Wildman–Crippen LogP) is 1.92. The van der Waals surface area contributed by atoms with Crippen molar-refractivity contribution in [1.29, 1.82) is 0 Å². The van der Waals surface area contributed by atoms with Crippen molar-refractivity contribution in [3.05, 3.63) is 35.7 Å². The number of thiazole rings is 1. The van der Waals surface area contributed by atoms with Crippen LogP contribution in [0.4, 0.5) is 10.7 Å². The topological polar surface area (TPSA) is 83.4 Å². The minimum atomic E-state index is -1.17. The summed E-state index contributed by atoms with van der Waals surface area (Å²) in [6.45, 7) is 1.36. The van der Waals surface area contributed by atoms with Crippen LogP contribution in [0.5, 0.6) is 0 Å². The van der Waals surface area contributed by atoms with E-state index in [2.05, 4.69) is 9.97 Å². The Kier molecular flexibility index (Phi) is 3.33. The second-order valence-electron chi connectivity index (χ2n) is 3.38. The maximum Gasteiger partial charge on any atom is 0.357 e. The summed E-state index contributed by atoms with van der Waals surface area (Å²) in [5.74, 6) is -1.46.